The highest BCUT2D eigenvalue weighted by molar-refractivity contribution is 7.99. The highest BCUT2D eigenvalue weighted by Crippen LogP contribution is 2.07. The van der Waals surface area contributed by atoms with Crippen LogP contribution in [0.1, 0.15) is 6.92 Å². The molecule has 0 aromatic carbocycles. The van der Waals surface area contributed by atoms with E-state index in [9.17, 15) is 10.1 Å². The van der Waals surface area contributed by atoms with Crippen LogP contribution in [0, 0.1) is 15.5 Å². The second-order valence-corrected chi connectivity index (χ2v) is 2.47. The van der Waals surface area contributed by atoms with Crippen molar-refractivity contribution in [2.24, 2.45) is 0 Å². The lowest BCUT2D eigenvalue weighted by Gasteiger charge is -2.01. The Morgan fingerprint density at radius 1 is 1.89 bits per heavy atom. The third-order valence-electron chi connectivity index (χ3n) is 0.785. The van der Waals surface area contributed by atoms with E-state index in [-0.39, 0.29) is 5.71 Å². The van der Waals surface area contributed by atoms with Crippen molar-refractivity contribution in [3.8, 4) is 0 Å². The van der Waals surface area contributed by atoms with Crippen LogP contribution < -0.4 is 0 Å². The van der Waals surface area contributed by atoms with Crippen molar-refractivity contribution in [2.75, 3.05) is 6.26 Å². The van der Waals surface area contributed by atoms with Gasteiger partial charge in [-0.15, -0.1) is 0 Å². The maximum absolute atomic E-state index is 10.0. The van der Waals surface area contributed by atoms with Crippen molar-refractivity contribution in [1.29, 1.82) is 5.41 Å². The first-order valence-corrected chi connectivity index (χ1v) is 3.59. The molecule has 52 valence electrons. The lowest BCUT2D eigenvalue weighted by molar-refractivity contribution is -0.477. The van der Waals surface area contributed by atoms with E-state index >= 15 is 0 Å². The van der Waals surface area contributed by atoms with Gasteiger partial charge >= 0.3 is 0 Å². The summed E-state index contributed by atoms with van der Waals surface area (Å²) in [6, 6.07) is 0. The first-order valence-electron chi connectivity index (χ1n) is 2.31. The molecule has 9 heavy (non-hydrogen) atoms. The van der Waals surface area contributed by atoms with E-state index in [0.29, 0.717) is 0 Å². The van der Waals surface area contributed by atoms with E-state index in [4.69, 9.17) is 5.41 Å². The zero-order chi connectivity index (χ0) is 7.44. The summed E-state index contributed by atoms with van der Waals surface area (Å²) in [6.45, 7) is 1.43. The summed E-state index contributed by atoms with van der Waals surface area (Å²) in [5.41, 5.74) is 0.0903. The van der Waals surface area contributed by atoms with Crippen LogP contribution in [0.2, 0.25) is 0 Å². The van der Waals surface area contributed by atoms with E-state index < -0.39 is 10.3 Å². The van der Waals surface area contributed by atoms with Gasteiger partial charge in [0.1, 0.15) is 0 Å². The maximum atomic E-state index is 10.0. The lowest BCUT2D eigenvalue weighted by Crippen LogP contribution is -2.22. The molecule has 0 radical (unpaired) electrons. The monoisotopic (exact) mass is 148 g/mol. The predicted octanol–water partition coefficient (Wildman–Crippen LogP) is 0.992. The fourth-order valence-electron chi connectivity index (χ4n) is 0.421. The van der Waals surface area contributed by atoms with Crippen molar-refractivity contribution in [1.82, 2.24) is 0 Å². The number of nitrogens with one attached hydrogen (secondary N) is 1. The Morgan fingerprint density at radius 2 is 2.33 bits per heavy atom. The quantitative estimate of drug-likeness (QED) is 0.281. The second-order valence-electron chi connectivity index (χ2n) is 1.56. The zero-order valence-corrected chi connectivity index (χ0v) is 6.07. The molecular formula is C4H8N2O2S. The van der Waals surface area contributed by atoms with E-state index in [0.717, 1.165) is 11.8 Å². The van der Waals surface area contributed by atoms with Crippen molar-refractivity contribution >= 4 is 17.5 Å². The Morgan fingerprint density at radius 3 is 2.33 bits per heavy atom. The molecule has 5 heteroatoms. The SMILES string of the molecule is CSC(C(C)=N)[N+](=O)[O-]. The molecule has 1 N–H and O–H groups in total. The molecule has 1 atom stereocenters. The summed E-state index contributed by atoms with van der Waals surface area (Å²) < 4.78 is 0. The number of nitro groups is 1. The molecule has 0 aliphatic heterocycles. The van der Waals surface area contributed by atoms with Crippen LogP contribution in [-0.2, 0) is 0 Å². The number of thioether (sulfide) groups is 1. The maximum Gasteiger partial charge on any atom is 0.295 e. The molecule has 0 bridgehead atoms. The van der Waals surface area contributed by atoms with Crippen LogP contribution in [0.15, 0.2) is 0 Å². The molecule has 0 aliphatic rings. The topological polar surface area (TPSA) is 67.0 Å². The zero-order valence-electron chi connectivity index (χ0n) is 5.25. The van der Waals surface area contributed by atoms with Crippen LogP contribution >= 0.6 is 11.8 Å². The average Bonchev–Trinajstić information content (AvgIpc) is 1.64. The molecule has 0 rings (SSSR count). The number of hydrogen-bond acceptors (Lipinski definition) is 4. The first kappa shape index (κ1) is 8.42. The van der Waals surface area contributed by atoms with E-state index in [1.807, 2.05) is 0 Å². The van der Waals surface area contributed by atoms with Crippen LogP contribution in [0.25, 0.3) is 0 Å². The number of nitrogens with zero attached hydrogens (tertiary/aromatic N) is 1. The van der Waals surface area contributed by atoms with Crippen molar-refractivity contribution < 1.29 is 4.92 Å². The molecule has 0 amide bonds. The fourth-order valence-corrected chi connectivity index (χ4v) is 0.947. The van der Waals surface area contributed by atoms with Gasteiger partial charge in [0, 0.05) is 4.92 Å². The first-order chi connectivity index (χ1) is 4.09. The minimum Gasteiger partial charge on any atom is -0.302 e. The van der Waals surface area contributed by atoms with Crippen molar-refractivity contribution in [2.45, 2.75) is 12.3 Å². The molecular weight excluding hydrogens is 140 g/mol. The van der Waals surface area contributed by atoms with E-state index in [2.05, 4.69) is 0 Å². The van der Waals surface area contributed by atoms with Gasteiger partial charge in [-0.05, 0) is 13.2 Å². The molecule has 0 saturated heterocycles. The second kappa shape index (κ2) is 3.45. The van der Waals surface area contributed by atoms with Crippen molar-refractivity contribution in [3.05, 3.63) is 10.1 Å². The smallest absolute Gasteiger partial charge is 0.295 e. The molecule has 0 aromatic rings. The standard InChI is InChI=1S/C4H8N2O2S/c1-3(5)4(9-2)6(7)8/h4-5H,1-2H3. The van der Waals surface area contributed by atoms with Crippen LogP contribution in [0.4, 0.5) is 0 Å². The van der Waals surface area contributed by atoms with Gasteiger partial charge < -0.3 is 5.41 Å². The number of rotatable bonds is 3. The van der Waals surface area contributed by atoms with Gasteiger partial charge in [-0.1, -0.05) is 11.8 Å². The summed E-state index contributed by atoms with van der Waals surface area (Å²) in [6.07, 6.45) is 1.62. The largest absolute Gasteiger partial charge is 0.302 e. The van der Waals surface area contributed by atoms with Gasteiger partial charge in [0.2, 0.25) is 0 Å². The Labute approximate surface area is 57.3 Å². The van der Waals surface area contributed by atoms with Gasteiger partial charge in [-0.25, -0.2) is 0 Å². The van der Waals surface area contributed by atoms with E-state index in [1.54, 1.807) is 6.26 Å². The van der Waals surface area contributed by atoms with Gasteiger partial charge in [0.25, 0.3) is 5.37 Å². The Hall–Kier alpha value is -0.580. The van der Waals surface area contributed by atoms with Gasteiger partial charge in [-0.2, -0.15) is 0 Å². The Bertz CT molecular complexity index is 123. The molecule has 4 nitrogen and oxygen atoms in total. The third kappa shape index (κ3) is 2.46. The summed E-state index contributed by atoms with van der Waals surface area (Å²) in [5, 5.41) is 16.1. The average molecular weight is 148 g/mol. The summed E-state index contributed by atoms with van der Waals surface area (Å²) >= 11 is 1.06. The molecule has 0 fully saturated rings. The van der Waals surface area contributed by atoms with Gasteiger partial charge in [-0.3, -0.25) is 10.1 Å². The van der Waals surface area contributed by atoms with Crippen LogP contribution in [0.3, 0.4) is 0 Å². The van der Waals surface area contributed by atoms with Crippen LogP contribution in [0.5, 0.6) is 0 Å². The molecule has 0 spiro atoms. The van der Waals surface area contributed by atoms with Gasteiger partial charge in [0.05, 0.1) is 5.71 Å². The van der Waals surface area contributed by atoms with Gasteiger partial charge in [0.15, 0.2) is 0 Å². The predicted molar refractivity (Wildman–Crippen MR) is 37.7 cm³/mol. The van der Waals surface area contributed by atoms with E-state index in [1.165, 1.54) is 6.92 Å². The molecule has 1 unspecified atom stereocenters. The minimum absolute atomic E-state index is 0.0903. The highest BCUT2D eigenvalue weighted by Gasteiger charge is 2.19. The number of hydrogen-bond donors (Lipinski definition) is 1. The summed E-state index contributed by atoms with van der Waals surface area (Å²) in [5.74, 6) is 0. The fraction of sp³-hybridized carbons (Fsp3) is 0.750. The molecule has 0 aromatic heterocycles. The van der Waals surface area contributed by atoms with Crippen molar-refractivity contribution in [3.63, 3.8) is 0 Å². The highest BCUT2D eigenvalue weighted by atomic mass is 32.2. The normalized spacial score (nSPS) is 12.7. The molecule has 0 saturated carbocycles. The summed E-state index contributed by atoms with van der Waals surface area (Å²) in [7, 11) is 0. The lowest BCUT2D eigenvalue weighted by atomic mass is 10.4. The third-order valence-corrected chi connectivity index (χ3v) is 1.76. The Balaban J connectivity index is 3.99. The Kier molecular flexibility index (Phi) is 3.22. The molecule has 0 heterocycles. The summed E-state index contributed by atoms with van der Waals surface area (Å²) in [4.78, 5) is 9.55. The molecule has 0 aliphatic carbocycles. The minimum atomic E-state index is -0.856. The van der Waals surface area contributed by atoms with Crippen LogP contribution in [-0.4, -0.2) is 22.3 Å².